The van der Waals surface area contributed by atoms with Crippen LogP contribution in [0.4, 0.5) is 0 Å². The highest BCUT2D eigenvalue weighted by Crippen LogP contribution is 2.16. The summed E-state index contributed by atoms with van der Waals surface area (Å²) < 4.78 is 0. The van der Waals surface area contributed by atoms with E-state index in [1.54, 1.807) is 11.3 Å². The van der Waals surface area contributed by atoms with Crippen LogP contribution < -0.4 is 10.6 Å². The lowest BCUT2D eigenvalue weighted by atomic mass is 10.3. The maximum absolute atomic E-state index is 11.3. The molecule has 1 amide bonds. The minimum absolute atomic E-state index is 0. The fourth-order valence-electron chi connectivity index (χ4n) is 1.22. The minimum Gasteiger partial charge on any atom is -0.351 e. The molecular weight excluding hydrogens is 244 g/mol. The van der Waals surface area contributed by atoms with Gasteiger partial charge in [-0.3, -0.25) is 4.79 Å². The molecule has 1 heterocycles. The lowest BCUT2D eigenvalue weighted by Crippen LogP contribution is -2.25. The largest absolute Gasteiger partial charge is 0.351 e. The van der Waals surface area contributed by atoms with Crippen molar-refractivity contribution >= 4 is 29.7 Å². The van der Waals surface area contributed by atoms with Crippen LogP contribution in [0.15, 0.2) is 12.1 Å². The van der Waals surface area contributed by atoms with Gasteiger partial charge in [-0.1, -0.05) is 6.92 Å². The van der Waals surface area contributed by atoms with Crippen molar-refractivity contribution < 1.29 is 4.79 Å². The molecule has 0 fully saturated rings. The first-order valence-corrected chi connectivity index (χ1v) is 6.06. The highest BCUT2D eigenvalue weighted by atomic mass is 35.5. The molecule has 5 heteroatoms. The molecule has 1 aromatic heterocycles. The van der Waals surface area contributed by atoms with Crippen LogP contribution in [-0.4, -0.2) is 19.5 Å². The summed E-state index contributed by atoms with van der Waals surface area (Å²) in [5.41, 5.74) is 0. The SMILES string of the molecule is CCc1ccc(CNC(=O)CCNC)s1.Cl. The molecule has 3 nitrogen and oxygen atoms in total. The average Bonchev–Trinajstić information content (AvgIpc) is 2.71. The maximum Gasteiger partial charge on any atom is 0.221 e. The molecular formula is C11H19ClN2OS. The number of hydrogen-bond donors (Lipinski definition) is 2. The normalized spacial score (nSPS) is 9.62. The van der Waals surface area contributed by atoms with Gasteiger partial charge >= 0.3 is 0 Å². The van der Waals surface area contributed by atoms with Gasteiger partial charge in [0, 0.05) is 22.7 Å². The van der Waals surface area contributed by atoms with Gasteiger partial charge in [-0.2, -0.15) is 0 Å². The van der Waals surface area contributed by atoms with Gasteiger partial charge in [-0.05, 0) is 25.6 Å². The van der Waals surface area contributed by atoms with Gasteiger partial charge in [-0.25, -0.2) is 0 Å². The lowest BCUT2D eigenvalue weighted by molar-refractivity contribution is -0.121. The smallest absolute Gasteiger partial charge is 0.221 e. The van der Waals surface area contributed by atoms with Gasteiger partial charge in [-0.15, -0.1) is 23.7 Å². The lowest BCUT2D eigenvalue weighted by Gasteiger charge is -2.02. The second-order valence-electron chi connectivity index (χ2n) is 3.35. The number of carbonyl (C=O) groups is 1. The first kappa shape index (κ1) is 15.4. The zero-order chi connectivity index (χ0) is 11.1. The van der Waals surface area contributed by atoms with Gasteiger partial charge in [0.05, 0.1) is 6.54 Å². The predicted molar refractivity (Wildman–Crippen MR) is 71.3 cm³/mol. The van der Waals surface area contributed by atoms with E-state index in [1.165, 1.54) is 9.75 Å². The van der Waals surface area contributed by atoms with Crippen LogP contribution in [0.25, 0.3) is 0 Å². The Bertz CT molecular complexity index is 315. The Hall–Kier alpha value is -0.580. The van der Waals surface area contributed by atoms with Crippen LogP contribution in [0.1, 0.15) is 23.1 Å². The number of nitrogens with one attached hydrogen (secondary N) is 2. The molecule has 2 N–H and O–H groups in total. The molecule has 0 atom stereocenters. The molecule has 16 heavy (non-hydrogen) atoms. The Kier molecular flexibility index (Phi) is 8.25. The molecule has 0 aromatic carbocycles. The van der Waals surface area contributed by atoms with E-state index >= 15 is 0 Å². The van der Waals surface area contributed by atoms with Gasteiger partial charge in [0.25, 0.3) is 0 Å². The van der Waals surface area contributed by atoms with E-state index in [-0.39, 0.29) is 18.3 Å². The third-order valence-corrected chi connectivity index (χ3v) is 3.36. The van der Waals surface area contributed by atoms with Crippen molar-refractivity contribution in [2.24, 2.45) is 0 Å². The number of hydrogen-bond acceptors (Lipinski definition) is 3. The third-order valence-electron chi connectivity index (χ3n) is 2.13. The molecule has 0 radical (unpaired) electrons. The van der Waals surface area contributed by atoms with Crippen molar-refractivity contribution in [3.63, 3.8) is 0 Å². The molecule has 0 aliphatic carbocycles. The standard InChI is InChI=1S/C11H18N2OS.ClH/c1-3-9-4-5-10(15-9)8-13-11(14)6-7-12-2;/h4-5,12H,3,6-8H2,1-2H3,(H,13,14);1H. The second-order valence-corrected chi connectivity index (χ2v) is 4.60. The summed E-state index contributed by atoms with van der Waals surface area (Å²) in [5, 5.41) is 5.85. The van der Waals surface area contributed by atoms with Crippen LogP contribution >= 0.6 is 23.7 Å². The fraction of sp³-hybridized carbons (Fsp3) is 0.545. The van der Waals surface area contributed by atoms with Gasteiger partial charge < -0.3 is 10.6 Å². The Morgan fingerprint density at radius 2 is 2.06 bits per heavy atom. The van der Waals surface area contributed by atoms with E-state index < -0.39 is 0 Å². The van der Waals surface area contributed by atoms with Crippen molar-refractivity contribution in [3.8, 4) is 0 Å². The number of rotatable bonds is 6. The Morgan fingerprint density at radius 1 is 1.38 bits per heavy atom. The summed E-state index contributed by atoms with van der Waals surface area (Å²) in [6, 6.07) is 4.21. The molecule has 0 aliphatic rings. The second kappa shape index (κ2) is 8.56. The molecule has 1 aromatic rings. The fourth-order valence-corrected chi connectivity index (χ4v) is 2.12. The summed E-state index contributed by atoms with van der Waals surface area (Å²) in [6.07, 6.45) is 1.61. The molecule has 0 bridgehead atoms. The van der Waals surface area contributed by atoms with E-state index in [0.29, 0.717) is 13.0 Å². The quantitative estimate of drug-likeness (QED) is 0.823. The highest BCUT2D eigenvalue weighted by molar-refractivity contribution is 7.11. The number of thiophene rings is 1. The Labute approximate surface area is 107 Å². The van der Waals surface area contributed by atoms with Crippen molar-refractivity contribution in [3.05, 3.63) is 21.9 Å². The van der Waals surface area contributed by atoms with Gasteiger partial charge in [0.15, 0.2) is 0 Å². The first-order chi connectivity index (χ1) is 7.26. The van der Waals surface area contributed by atoms with E-state index in [4.69, 9.17) is 0 Å². The number of carbonyl (C=O) groups excluding carboxylic acids is 1. The Morgan fingerprint density at radius 3 is 2.62 bits per heavy atom. The van der Waals surface area contributed by atoms with E-state index in [9.17, 15) is 4.79 Å². The zero-order valence-corrected chi connectivity index (χ0v) is 11.3. The van der Waals surface area contributed by atoms with Crippen molar-refractivity contribution in [2.45, 2.75) is 26.3 Å². The molecule has 1 rings (SSSR count). The van der Waals surface area contributed by atoms with Crippen molar-refractivity contribution in [1.29, 1.82) is 0 Å². The first-order valence-electron chi connectivity index (χ1n) is 5.25. The topological polar surface area (TPSA) is 41.1 Å². The van der Waals surface area contributed by atoms with Crippen LogP contribution in [0.2, 0.25) is 0 Å². The van der Waals surface area contributed by atoms with Crippen molar-refractivity contribution in [1.82, 2.24) is 10.6 Å². The van der Waals surface area contributed by atoms with Crippen LogP contribution in [0, 0.1) is 0 Å². The third kappa shape index (κ3) is 5.49. The molecule has 92 valence electrons. The zero-order valence-electron chi connectivity index (χ0n) is 9.71. The number of aryl methyl sites for hydroxylation is 1. The van der Waals surface area contributed by atoms with Gasteiger partial charge in [0.1, 0.15) is 0 Å². The number of amides is 1. The minimum atomic E-state index is 0. The highest BCUT2D eigenvalue weighted by Gasteiger charge is 2.02. The molecule has 0 spiro atoms. The summed E-state index contributed by atoms with van der Waals surface area (Å²) in [6.45, 7) is 3.53. The summed E-state index contributed by atoms with van der Waals surface area (Å²) in [5.74, 6) is 0.107. The van der Waals surface area contributed by atoms with Crippen molar-refractivity contribution in [2.75, 3.05) is 13.6 Å². The van der Waals surface area contributed by atoms with Crippen LogP contribution in [0.3, 0.4) is 0 Å². The summed E-state index contributed by atoms with van der Waals surface area (Å²) in [7, 11) is 1.85. The van der Waals surface area contributed by atoms with Crippen LogP contribution in [0.5, 0.6) is 0 Å². The van der Waals surface area contributed by atoms with E-state index in [1.807, 2.05) is 7.05 Å². The number of halogens is 1. The molecule has 0 saturated heterocycles. The molecule has 0 aliphatic heterocycles. The summed E-state index contributed by atoms with van der Waals surface area (Å²) >= 11 is 1.77. The molecule has 0 unspecified atom stereocenters. The summed E-state index contributed by atoms with van der Waals surface area (Å²) in [4.78, 5) is 13.9. The average molecular weight is 263 g/mol. The van der Waals surface area contributed by atoms with Gasteiger partial charge in [0.2, 0.25) is 5.91 Å². The van der Waals surface area contributed by atoms with E-state index in [2.05, 4.69) is 29.7 Å². The van der Waals surface area contributed by atoms with Crippen LogP contribution in [-0.2, 0) is 17.8 Å². The maximum atomic E-state index is 11.3. The van der Waals surface area contributed by atoms with E-state index in [0.717, 1.165) is 13.0 Å². The Balaban J connectivity index is 0.00000225. The molecule has 0 saturated carbocycles. The predicted octanol–water partition coefficient (Wildman–Crippen LogP) is 1.96. The monoisotopic (exact) mass is 262 g/mol.